The highest BCUT2D eigenvalue weighted by Crippen LogP contribution is 2.09. The molecule has 11 nitrogen and oxygen atoms in total. The summed E-state index contributed by atoms with van der Waals surface area (Å²) in [5, 5.41) is 18.2. The van der Waals surface area contributed by atoms with Crippen molar-refractivity contribution >= 4 is 23.8 Å². The van der Waals surface area contributed by atoms with Crippen LogP contribution in [0.2, 0.25) is 0 Å². The van der Waals surface area contributed by atoms with Gasteiger partial charge in [-0.3, -0.25) is 19.4 Å². The van der Waals surface area contributed by atoms with Gasteiger partial charge in [0, 0.05) is 18.8 Å². The van der Waals surface area contributed by atoms with Gasteiger partial charge in [-0.05, 0) is 42.2 Å². The second kappa shape index (κ2) is 15.0. The quantitative estimate of drug-likeness (QED) is 0.212. The highest BCUT2D eigenvalue weighted by atomic mass is 16.5. The largest absolute Gasteiger partial charge is 0.445 e. The van der Waals surface area contributed by atoms with Crippen molar-refractivity contribution < 1.29 is 29.0 Å². The summed E-state index contributed by atoms with van der Waals surface area (Å²) >= 11 is 0. The molecule has 4 unspecified atom stereocenters. The number of carbonyl (C=O) groups excluding carboxylic acids is 4. The van der Waals surface area contributed by atoms with Gasteiger partial charge in [0.25, 0.3) is 0 Å². The Bertz CT molecular complexity index is 1260. The second-order valence-corrected chi connectivity index (χ2v) is 9.20. The van der Waals surface area contributed by atoms with Gasteiger partial charge in [0.2, 0.25) is 17.7 Å². The second-order valence-electron chi connectivity index (χ2n) is 9.20. The fourth-order valence-electron chi connectivity index (χ4n) is 3.86. The first-order chi connectivity index (χ1) is 19.2. The number of nitrogens with one attached hydrogen (secondary N) is 3. The van der Waals surface area contributed by atoms with Crippen LogP contribution >= 0.6 is 0 Å². The Labute approximate surface area is 232 Å². The van der Waals surface area contributed by atoms with Crippen molar-refractivity contribution in [3.63, 3.8) is 0 Å². The number of aliphatic hydroxyl groups is 1. The molecule has 0 bridgehead atoms. The zero-order valence-corrected chi connectivity index (χ0v) is 22.0. The summed E-state index contributed by atoms with van der Waals surface area (Å²) < 4.78 is 5.17. The number of hydrogen-bond acceptors (Lipinski definition) is 7. The van der Waals surface area contributed by atoms with Crippen LogP contribution in [0.3, 0.4) is 0 Å². The highest BCUT2D eigenvalue weighted by molar-refractivity contribution is 5.91. The lowest BCUT2D eigenvalue weighted by Gasteiger charge is -2.26. The minimum atomic E-state index is -1.67. The third-order valence-corrected chi connectivity index (χ3v) is 6.06. The molecule has 0 aliphatic heterocycles. The number of aliphatic hydroxyl groups excluding tert-OH is 1. The Hall–Kier alpha value is -4.77. The molecule has 2 aromatic carbocycles. The van der Waals surface area contributed by atoms with E-state index < -0.39 is 48.0 Å². The van der Waals surface area contributed by atoms with Crippen molar-refractivity contribution in [2.75, 3.05) is 0 Å². The van der Waals surface area contributed by atoms with Crippen molar-refractivity contribution in [3.8, 4) is 0 Å². The van der Waals surface area contributed by atoms with E-state index in [1.165, 1.54) is 6.92 Å². The van der Waals surface area contributed by atoms with Crippen LogP contribution in [-0.2, 0) is 38.6 Å². The molecule has 0 fully saturated rings. The van der Waals surface area contributed by atoms with Crippen molar-refractivity contribution in [1.82, 2.24) is 20.9 Å². The summed E-state index contributed by atoms with van der Waals surface area (Å²) in [5.41, 5.74) is 7.57. The minimum absolute atomic E-state index is 0.0269. The summed E-state index contributed by atoms with van der Waals surface area (Å²) in [5.74, 6) is -2.28. The first-order valence-electron chi connectivity index (χ1n) is 12.7. The van der Waals surface area contributed by atoms with Gasteiger partial charge >= 0.3 is 6.09 Å². The molecular weight excluding hydrogens is 514 g/mol. The summed E-state index contributed by atoms with van der Waals surface area (Å²) in [6.45, 7) is 1.48. The van der Waals surface area contributed by atoms with E-state index in [-0.39, 0.29) is 19.4 Å². The van der Waals surface area contributed by atoms with E-state index in [9.17, 15) is 24.3 Å². The van der Waals surface area contributed by atoms with Crippen molar-refractivity contribution in [2.45, 2.75) is 50.6 Å². The molecule has 1 aromatic heterocycles. The van der Waals surface area contributed by atoms with Gasteiger partial charge in [0.1, 0.15) is 18.7 Å². The number of hydrogen-bond donors (Lipinski definition) is 5. The van der Waals surface area contributed by atoms with Gasteiger partial charge in [-0.15, -0.1) is 0 Å². The normalized spacial score (nSPS) is 13.7. The van der Waals surface area contributed by atoms with Crippen LogP contribution in [0.4, 0.5) is 4.79 Å². The van der Waals surface area contributed by atoms with Crippen LogP contribution in [0, 0.1) is 0 Å². The lowest BCUT2D eigenvalue weighted by Crippen LogP contribution is -2.58. The van der Waals surface area contributed by atoms with Gasteiger partial charge in [-0.2, -0.15) is 0 Å². The molecule has 0 aliphatic carbocycles. The van der Waals surface area contributed by atoms with Gasteiger partial charge in [0.05, 0.1) is 6.04 Å². The summed E-state index contributed by atoms with van der Waals surface area (Å²) in [6, 6.07) is 18.2. The van der Waals surface area contributed by atoms with Crippen LogP contribution in [0.25, 0.3) is 0 Å². The highest BCUT2D eigenvalue weighted by Gasteiger charge is 2.31. The molecule has 4 amide bonds. The predicted molar refractivity (Wildman–Crippen MR) is 146 cm³/mol. The monoisotopic (exact) mass is 547 g/mol. The fourth-order valence-corrected chi connectivity index (χ4v) is 3.86. The maximum absolute atomic E-state index is 13.4. The smallest absolute Gasteiger partial charge is 0.408 e. The van der Waals surface area contributed by atoms with Gasteiger partial charge in [-0.1, -0.05) is 60.7 Å². The number of alkyl carbamates (subject to hydrolysis) is 1. The van der Waals surface area contributed by atoms with Crippen molar-refractivity contribution in [1.29, 1.82) is 0 Å². The third-order valence-electron chi connectivity index (χ3n) is 6.06. The molecule has 1 heterocycles. The maximum Gasteiger partial charge on any atom is 0.408 e. The molecule has 0 saturated carbocycles. The number of nitrogens with zero attached hydrogens (tertiary/aromatic N) is 1. The number of rotatable bonds is 13. The molecule has 0 spiro atoms. The minimum Gasteiger partial charge on any atom is -0.445 e. The van der Waals surface area contributed by atoms with Crippen molar-refractivity contribution in [2.24, 2.45) is 5.73 Å². The molecule has 6 N–H and O–H groups in total. The first kappa shape index (κ1) is 29.8. The van der Waals surface area contributed by atoms with Crippen LogP contribution < -0.4 is 21.7 Å². The lowest BCUT2D eigenvalue weighted by atomic mass is 9.99. The Morgan fingerprint density at radius 2 is 1.38 bits per heavy atom. The Balaban J connectivity index is 1.68. The number of benzene rings is 2. The number of pyridine rings is 1. The van der Waals surface area contributed by atoms with Crippen LogP contribution in [-0.4, -0.2) is 58.1 Å². The molecule has 0 aliphatic rings. The van der Waals surface area contributed by atoms with E-state index in [0.717, 1.165) is 11.1 Å². The van der Waals surface area contributed by atoms with Crippen molar-refractivity contribution in [3.05, 3.63) is 102 Å². The first-order valence-corrected chi connectivity index (χ1v) is 12.7. The third kappa shape index (κ3) is 9.52. The van der Waals surface area contributed by atoms with Crippen LogP contribution in [0.5, 0.6) is 0 Å². The fraction of sp³-hybridized carbons (Fsp3) is 0.276. The van der Waals surface area contributed by atoms with E-state index >= 15 is 0 Å². The summed E-state index contributed by atoms with van der Waals surface area (Å²) in [7, 11) is 0. The van der Waals surface area contributed by atoms with E-state index in [2.05, 4.69) is 20.9 Å². The van der Waals surface area contributed by atoms with Gasteiger partial charge in [0.15, 0.2) is 6.10 Å². The molecule has 40 heavy (non-hydrogen) atoms. The molecule has 3 aromatic rings. The van der Waals surface area contributed by atoms with Gasteiger partial charge in [-0.25, -0.2) is 4.79 Å². The topological polar surface area (TPSA) is 173 Å². The lowest BCUT2D eigenvalue weighted by molar-refractivity contribution is -0.132. The summed E-state index contributed by atoms with van der Waals surface area (Å²) in [4.78, 5) is 54.3. The Morgan fingerprint density at radius 1 is 0.800 bits per heavy atom. The maximum atomic E-state index is 13.4. The molecule has 0 saturated heterocycles. The van der Waals surface area contributed by atoms with Gasteiger partial charge < -0.3 is 31.5 Å². The van der Waals surface area contributed by atoms with E-state index in [1.54, 1.807) is 60.9 Å². The Morgan fingerprint density at radius 3 is 1.98 bits per heavy atom. The predicted octanol–water partition coefficient (Wildman–Crippen LogP) is 0.998. The van der Waals surface area contributed by atoms with E-state index in [1.807, 2.05) is 24.3 Å². The van der Waals surface area contributed by atoms with Crippen LogP contribution in [0.15, 0.2) is 85.2 Å². The average Bonchev–Trinajstić information content (AvgIpc) is 2.96. The number of nitrogens with two attached hydrogens (primary N) is 1. The Kier molecular flexibility index (Phi) is 11.2. The van der Waals surface area contributed by atoms with E-state index in [0.29, 0.717) is 5.56 Å². The number of carbonyl (C=O) groups is 4. The molecule has 11 heteroatoms. The SMILES string of the molecule is CC(NC(=O)OCc1ccccc1)C(=O)NC(Cc1ccncc1)C(=O)NC(Cc1ccccc1)C(O)C(N)=O. The number of primary amides is 1. The zero-order chi connectivity index (χ0) is 28.9. The number of ether oxygens (including phenoxy) is 1. The molecule has 0 radical (unpaired) electrons. The molecular formula is C29H33N5O6. The molecule has 4 atom stereocenters. The standard InChI is InChI=1S/C29H33N5O6/c1-19(32-29(39)40-18-22-10-6-3-7-11-22)27(37)34-24(17-21-12-14-31-15-13-21)28(38)33-23(25(35)26(30)36)16-20-8-4-2-5-9-20/h2-15,19,23-25,35H,16-18H2,1H3,(H2,30,36)(H,32,39)(H,33,38)(H,34,37). The molecule has 210 valence electrons. The van der Waals surface area contributed by atoms with Crippen LogP contribution in [0.1, 0.15) is 23.6 Å². The summed E-state index contributed by atoms with van der Waals surface area (Å²) in [6.07, 6.45) is 0.839. The number of amides is 4. The zero-order valence-electron chi connectivity index (χ0n) is 22.0. The average molecular weight is 548 g/mol. The number of aromatic nitrogens is 1. The molecule has 3 rings (SSSR count). The van der Waals surface area contributed by atoms with E-state index in [4.69, 9.17) is 10.5 Å².